The van der Waals surface area contributed by atoms with Crippen LogP contribution in [-0.4, -0.2) is 17.0 Å². The largest absolute Gasteiger partial charge is 0.481 e. The minimum absolute atomic E-state index is 0.0179. The number of carbonyl (C=O) groups excluding carboxylic acids is 1. The van der Waals surface area contributed by atoms with E-state index in [2.05, 4.69) is 21.2 Å². The van der Waals surface area contributed by atoms with Gasteiger partial charge in [0.15, 0.2) is 0 Å². The Kier molecular flexibility index (Phi) is 7.00. The van der Waals surface area contributed by atoms with E-state index in [4.69, 9.17) is 5.11 Å². The molecular weight excluding hydrogens is 370 g/mol. The predicted molar refractivity (Wildman–Crippen MR) is 96.7 cm³/mol. The molecule has 0 saturated heterocycles. The van der Waals surface area contributed by atoms with Gasteiger partial charge in [0, 0.05) is 17.3 Å². The quantitative estimate of drug-likeness (QED) is 0.713. The molecule has 0 radical (unpaired) electrons. The molecule has 0 spiro atoms. The van der Waals surface area contributed by atoms with Crippen molar-refractivity contribution in [3.63, 3.8) is 0 Å². The third-order valence-corrected chi connectivity index (χ3v) is 4.54. The molecule has 24 heavy (non-hydrogen) atoms. The Morgan fingerprint density at radius 1 is 1.00 bits per heavy atom. The minimum atomic E-state index is -0.863. The first kappa shape index (κ1) is 18.2. The molecule has 0 fully saturated rings. The van der Waals surface area contributed by atoms with Gasteiger partial charge in [0.25, 0.3) is 0 Å². The summed E-state index contributed by atoms with van der Waals surface area (Å²) in [5.74, 6) is -0.941. The molecule has 0 heterocycles. The lowest BCUT2D eigenvalue weighted by atomic mass is 10.0. The first-order valence-electron chi connectivity index (χ1n) is 7.86. The molecular formula is C19H20BrNO3. The lowest BCUT2D eigenvalue weighted by molar-refractivity contribution is -0.137. The van der Waals surface area contributed by atoms with Crippen LogP contribution in [0.3, 0.4) is 0 Å². The number of hydrogen-bond acceptors (Lipinski definition) is 2. The molecule has 1 atom stereocenters. The molecule has 1 unspecified atom stereocenters. The highest BCUT2D eigenvalue weighted by atomic mass is 79.9. The van der Waals surface area contributed by atoms with Crippen molar-refractivity contribution in [3.8, 4) is 0 Å². The number of nitrogens with one attached hydrogen (secondary N) is 1. The van der Waals surface area contributed by atoms with Gasteiger partial charge in [-0.05, 0) is 30.0 Å². The van der Waals surface area contributed by atoms with E-state index in [1.807, 2.05) is 54.6 Å². The van der Waals surface area contributed by atoms with Crippen molar-refractivity contribution in [1.29, 1.82) is 0 Å². The normalized spacial score (nSPS) is 11.7. The van der Waals surface area contributed by atoms with Crippen LogP contribution in [0, 0.1) is 0 Å². The lowest BCUT2D eigenvalue weighted by Crippen LogP contribution is -2.29. The predicted octanol–water partition coefficient (Wildman–Crippen LogP) is 4.10. The van der Waals surface area contributed by atoms with Gasteiger partial charge in [0.2, 0.25) is 5.91 Å². The van der Waals surface area contributed by atoms with Gasteiger partial charge >= 0.3 is 5.97 Å². The Bertz CT molecular complexity index is 688. The van der Waals surface area contributed by atoms with Crippen molar-refractivity contribution in [2.75, 3.05) is 0 Å². The van der Waals surface area contributed by atoms with Crippen LogP contribution in [-0.2, 0) is 16.0 Å². The second kappa shape index (κ2) is 9.23. The molecule has 2 aromatic rings. The third kappa shape index (κ3) is 5.81. The van der Waals surface area contributed by atoms with Gasteiger partial charge in [-0.2, -0.15) is 0 Å². The fourth-order valence-corrected chi connectivity index (χ4v) is 2.97. The van der Waals surface area contributed by atoms with E-state index in [9.17, 15) is 9.59 Å². The first-order valence-corrected chi connectivity index (χ1v) is 8.65. The zero-order chi connectivity index (χ0) is 17.4. The van der Waals surface area contributed by atoms with E-state index < -0.39 is 5.97 Å². The highest BCUT2D eigenvalue weighted by molar-refractivity contribution is 9.10. The van der Waals surface area contributed by atoms with Crippen LogP contribution in [0.2, 0.25) is 0 Å². The van der Waals surface area contributed by atoms with E-state index in [0.29, 0.717) is 19.3 Å². The number of amides is 1. The monoisotopic (exact) mass is 389 g/mol. The Hall–Kier alpha value is -2.14. The molecule has 0 aromatic heterocycles. The van der Waals surface area contributed by atoms with Crippen LogP contribution in [0.15, 0.2) is 59.1 Å². The van der Waals surface area contributed by atoms with Gasteiger partial charge in [0.05, 0.1) is 6.04 Å². The smallest absolute Gasteiger partial charge is 0.303 e. The molecule has 4 nitrogen and oxygen atoms in total. The van der Waals surface area contributed by atoms with Gasteiger partial charge in [0.1, 0.15) is 0 Å². The summed E-state index contributed by atoms with van der Waals surface area (Å²) in [5, 5.41) is 11.9. The summed E-state index contributed by atoms with van der Waals surface area (Å²) in [6, 6.07) is 17.0. The maximum absolute atomic E-state index is 12.3. The summed E-state index contributed by atoms with van der Waals surface area (Å²) >= 11 is 3.48. The van der Waals surface area contributed by atoms with Crippen molar-refractivity contribution in [1.82, 2.24) is 5.32 Å². The van der Waals surface area contributed by atoms with Gasteiger partial charge in [-0.15, -0.1) is 0 Å². The molecule has 2 rings (SSSR count). The molecule has 0 aliphatic carbocycles. The maximum Gasteiger partial charge on any atom is 0.303 e. The number of carboxylic acids is 1. The number of rotatable bonds is 8. The summed E-state index contributed by atoms with van der Waals surface area (Å²) in [6.45, 7) is 0. The highest BCUT2D eigenvalue weighted by Gasteiger charge is 2.16. The van der Waals surface area contributed by atoms with E-state index >= 15 is 0 Å². The van der Waals surface area contributed by atoms with E-state index in [1.54, 1.807) is 0 Å². The van der Waals surface area contributed by atoms with Crippen LogP contribution < -0.4 is 5.32 Å². The number of carbonyl (C=O) groups is 2. The van der Waals surface area contributed by atoms with Crippen LogP contribution in [0.5, 0.6) is 0 Å². The van der Waals surface area contributed by atoms with Crippen molar-refractivity contribution in [2.24, 2.45) is 0 Å². The van der Waals surface area contributed by atoms with Gasteiger partial charge in [-0.3, -0.25) is 9.59 Å². The van der Waals surface area contributed by atoms with Gasteiger partial charge < -0.3 is 10.4 Å². The molecule has 0 saturated carbocycles. The Morgan fingerprint density at radius 2 is 1.67 bits per heavy atom. The summed E-state index contributed by atoms with van der Waals surface area (Å²) in [6.07, 6.45) is 1.39. The van der Waals surface area contributed by atoms with E-state index in [-0.39, 0.29) is 18.4 Å². The number of aliphatic carboxylic acids is 1. The van der Waals surface area contributed by atoms with Gasteiger partial charge in [-0.1, -0.05) is 64.5 Å². The van der Waals surface area contributed by atoms with Crippen LogP contribution in [0.1, 0.15) is 36.4 Å². The summed E-state index contributed by atoms with van der Waals surface area (Å²) < 4.78 is 0.989. The summed E-state index contributed by atoms with van der Waals surface area (Å²) in [5.41, 5.74) is 2.00. The van der Waals surface area contributed by atoms with Crippen LogP contribution in [0.4, 0.5) is 0 Å². The second-order valence-corrected chi connectivity index (χ2v) is 6.41. The summed E-state index contributed by atoms with van der Waals surface area (Å²) in [7, 11) is 0. The maximum atomic E-state index is 12.3. The topological polar surface area (TPSA) is 66.4 Å². The molecule has 0 bridgehead atoms. The molecule has 0 aliphatic rings. The number of aryl methyl sites for hydroxylation is 1. The molecule has 0 aliphatic heterocycles. The zero-order valence-corrected chi connectivity index (χ0v) is 14.8. The van der Waals surface area contributed by atoms with Crippen molar-refractivity contribution in [2.45, 2.75) is 31.7 Å². The Balaban J connectivity index is 1.96. The zero-order valence-electron chi connectivity index (χ0n) is 13.2. The number of benzene rings is 2. The third-order valence-electron chi connectivity index (χ3n) is 3.76. The molecule has 1 amide bonds. The van der Waals surface area contributed by atoms with Crippen molar-refractivity contribution < 1.29 is 14.7 Å². The average Bonchev–Trinajstić information content (AvgIpc) is 2.58. The summed E-state index contributed by atoms with van der Waals surface area (Å²) in [4.78, 5) is 23.1. The molecule has 2 N–H and O–H groups in total. The van der Waals surface area contributed by atoms with Crippen LogP contribution in [0.25, 0.3) is 0 Å². The molecule has 5 heteroatoms. The average molecular weight is 390 g/mol. The molecule has 2 aromatic carbocycles. The van der Waals surface area contributed by atoms with Crippen molar-refractivity contribution in [3.05, 3.63) is 70.2 Å². The Morgan fingerprint density at radius 3 is 2.33 bits per heavy atom. The second-order valence-electron chi connectivity index (χ2n) is 5.55. The molecule has 126 valence electrons. The fourth-order valence-electron chi connectivity index (χ4n) is 2.49. The van der Waals surface area contributed by atoms with E-state index in [0.717, 1.165) is 15.6 Å². The van der Waals surface area contributed by atoms with Crippen molar-refractivity contribution >= 4 is 27.8 Å². The fraction of sp³-hybridized carbons (Fsp3) is 0.263. The van der Waals surface area contributed by atoms with Gasteiger partial charge in [-0.25, -0.2) is 0 Å². The number of halogens is 1. The SMILES string of the molecule is O=C(O)CCC(NC(=O)CCc1ccccc1Br)c1ccccc1. The lowest BCUT2D eigenvalue weighted by Gasteiger charge is -2.18. The standard InChI is InChI=1S/C19H20BrNO3/c20-16-9-5-4-6-14(16)10-12-18(22)21-17(11-13-19(23)24)15-7-2-1-3-8-15/h1-9,17H,10-13H2,(H,21,22)(H,23,24). The van der Waals surface area contributed by atoms with Crippen LogP contribution >= 0.6 is 15.9 Å². The van der Waals surface area contributed by atoms with E-state index in [1.165, 1.54) is 0 Å². The number of carboxylic acid groups (broad SMARTS) is 1. The highest BCUT2D eigenvalue weighted by Crippen LogP contribution is 2.20. The number of hydrogen-bond donors (Lipinski definition) is 2. The first-order chi connectivity index (χ1) is 11.6. The Labute approximate surface area is 150 Å². The minimum Gasteiger partial charge on any atom is -0.481 e.